The molecule has 20 heavy (non-hydrogen) atoms. The second kappa shape index (κ2) is 5.59. The van der Waals surface area contributed by atoms with E-state index >= 15 is 0 Å². The molecule has 106 valence electrons. The van der Waals surface area contributed by atoms with Crippen LogP contribution in [0.1, 0.15) is 24.8 Å². The zero-order valence-electron chi connectivity index (χ0n) is 10.6. The summed E-state index contributed by atoms with van der Waals surface area (Å²) in [6.45, 7) is 0.480. The Labute approximate surface area is 123 Å². The summed E-state index contributed by atoms with van der Waals surface area (Å²) in [4.78, 5) is 4.28. The lowest BCUT2D eigenvalue weighted by molar-refractivity contribution is 0.0307. The largest absolute Gasteiger partial charge is 0.364 e. The zero-order chi connectivity index (χ0) is 14.1. The molecular weight excluding hydrogens is 329 g/mol. The molecule has 1 aromatic heterocycles. The first-order valence-electron chi connectivity index (χ1n) is 6.31. The Balaban J connectivity index is 1.83. The van der Waals surface area contributed by atoms with E-state index in [4.69, 9.17) is 15.0 Å². The van der Waals surface area contributed by atoms with Crippen LogP contribution in [0, 0.1) is 5.82 Å². The van der Waals surface area contributed by atoms with Crippen LogP contribution >= 0.6 is 15.9 Å². The molecule has 2 N–H and O–H groups in total. The van der Waals surface area contributed by atoms with Crippen molar-refractivity contribution < 1.29 is 13.7 Å². The summed E-state index contributed by atoms with van der Waals surface area (Å²) >= 11 is 3.24. The average molecular weight is 342 g/mol. The van der Waals surface area contributed by atoms with Gasteiger partial charge in [0.1, 0.15) is 11.9 Å². The van der Waals surface area contributed by atoms with Crippen LogP contribution in [-0.2, 0) is 4.74 Å². The average Bonchev–Trinajstić information content (AvgIpc) is 3.06. The third-order valence-electron chi connectivity index (χ3n) is 3.21. The van der Waals surface area contributed by atoms with E-state index in [1.165, 1.54) is 12.1 Å². The number of hydrogen-bond acceptors (Lipinski definition) is 5. The van der Waals surface area contributed by atoms with E-state index in [0.29, 0.717) is 28.3 Å². The molecule has 2 unspecified atom stereocenters. The fourth-order valence-electron chi connectivity index (χ4n) is 2.23. The Morgan fingerprint density at radius 3 is 2.90 bits per heavy atom. The smallest absolute Gasteiger partial charge is 0.256 e. The maximum atomic E-state index is 13.4. The number of aromatic nitrogens is 2. The number of halogens is 2. The molecule has 1 aliphatic heterocycles. The highest BCUT2D eigenvalue weighted by Gasteiger charge is 2.30. The predicted octanol–water partition coefficient (Wildman–Crippen LogP) is 2.82. The van der Waals surface area contributed by atoms with Gasteiger partial charge in [-0.15, -0.1) is 0 Å². The minimum Gasteiger partial charge on any atom is -0.364 e. The van der Waals surface area contributed by atoms with E-state index in [1.54, 1.807) is 6.07 Å². The van der Waals surface area contributed by atoms with Gasteiger partial charge in [0.2, 0.25) is 5.82 Å². The summed E-state index contributed by atoms with van der Waals surface area (Å²) in [7, 11) is 0. The van der Waals surface area contributed by atoms with Gasteiger partial charge in [0.15, 0.2) is 0 Å². The molecule has 2 atom stereocenters. The third-order valence-corrected chi connectivity index (χ3v) is 3.67. The minimum absolute atomic E-state index is 0.0404. The van der Waals surface area contributed by atoms with E-state index in [-0.39, 0.29) is 18.0 Å². The SMILES string of the molecule is NCC1CCC(c2nc(-c3cc(F)cc(Br)c3)no2)O1. The van der Waals surface area contributed by atoms with Crippen LogP contribution in [0.25, 0.3) is 11.4 Å². The number of hydrogen-bond donors (Lipinski definition) is 1. The molecule has 1 fully saturated rings. The number of nitrogens with two attached hydrogens (primary N) is 1. The first kappa shape index (κ1) is 13.7. The molecule has 0 bridgehead atoms. The molecule has 1 saturated heterocycles. The molecule has 5 nitrogen and oxygen atoms in total. The lowest BCUT2D eigenvalue weighted by Crippen LogP contribution is -2.18. The van der Waals surface area contributed by atoms with Crippen LogP contribution in [0.5, 0.6) is 0 Å². The van der Waals surface area contributed by atoms with Crippen molar-refractivity contribution in [3.05, 3.63) is 34.4 Å². The van der Waals surface area contributed by atoms with Gasteiger partial charge in [-0.25, -0.2) is 4.39 Å². The fraction of sp³-hybridized carbons (Fsp3) is 0.385. The van der Waals surface area contributed by atoms with Crippen molar-refractivity contribution in [1.82, 2.24) is 10.1 Å². The Kier molecular flexibility index (Phi) is 3.82. The summed E-state index contributed by atoms with van der Waals surface area (Å²) < 4.78 is 24.9. The Hall–Kier alpha value is -1.31. The van der Waals surface area contributed by atoms with Gasteiger partial charge in [-0.2, -0.15) is 4.98 Å². The molecule has 7 heteroatoms. The number of rotatable bonds is 3. The molecule has 1 aromatic carbocycles. The van der Waals surface area contributed by atoms with Crippen LogP contribution in [0.15, 0.2) is 27.2 Å². The molecule has 2 heterocycles. The van der Waals surface area contributed by atoms with Gasteiger partial charge in [0.05, 0.1) is 6.10 Å². The molecule has 0 amide bonds. The molecule has 3 rings (SSSR count). The first-order chi connectivity index (χ1) is 9.65. The second-order valence-electron chi connectivity index (χ2n) is 4.67. The lowest BCUT2D eigenvalue weighted by atomic mass is 10.2. The second-order valence-corrected chi connectivity index (χ2v) is 5.59. The lowest BCUT2D eigenvalue weighted by Gasteiger charge is -2.07. The minimum atomic E-state index is -0.360. The summed E-state index contributed by atoms with van der Waals surface area (Å²) in [5.74, 6) is 0.400. The molecule has 0 saturated carbocycles. The van der Waals surface area contributed by atoms with Gasteiger partial charge in [-0.1, -0.05) is 21.1 Å². The highest BCUT2D eigenvalue weighted by atomic mass is 79.9. The maximum absolute atomic E-state index is 13.4. The quantitative estimate of drug-likeness (QED) is 0.928. The van der Waals surface area contributed by atoms with E-state index in [1.807, 2.05) is 0 Å². The van der Waals surface area contributed by atoms with Crippen molar-refractivity contribution >= 4 is 15.9 Å². The van der Waals surface area contributed by atoms with Crippen molar-refractivity contribution in [3.8, 4) is 11.4 Å². The van der Waals surface area contributed by atoms with E-state index in [9.17, 15) is 4.39 Å². The van der Waals surface area contributed by atoms with Crippen molar-refractivity contribution in [3.63, 3.8) is 0 Å². The maximum Gasteiger partial charge on any atom is 0.256 e. The topological polar surface area (TPSA) is 74.2 Å². The number of nitrogens with zero attached hydrogens (tertiary/aromatic N) is 2. The third kappa shape index (κ3) is 2.74. The van der Waals surface area contributed by atoms with Gasteiger partial charge in [-0.05, 0) is 31.0 Å². The highest BCUT2D eigenvalue weighted by molar-refractivity contribution is 9.10. The van der Waals surface area contributed by atoms with Gasteiger partial charge < -0.3 is 15.0 Å². The van der Waals surface area contributed by atoms with Gasteiger partial charge in [0, 0.05) is 16.6 Å². The number of benzene rings is 1. The van der Waals surface area contributed by atoms with Gasteiger partial charge in [-0.3, -0.25) is 0 Å². The molecule has 0 spiro atoms. The van der Waals surface area contributed by atoms with Crippen LogP contribution in [0.2, 0.25) is 0 Å². The van der Waals surface area contributed by atoms with E-state index in [0.717, 1.165) is 12.8 Å². The van der Waals surface area contributed by atoms with Crippen LogP contribution < -0.4 is 5.73 Å². The van der Waals surface area contributed by atoms with Crippen LogP contribution in [0.4, 0.5) is 4.39 Å². The molecule has 1 aliphatic rings. The summed E-state index contributed by atoms with van der Waals surface area (Å²) in [6, 6.07) is 4.46. The molecule has 0 radical (unpaired) electrons. The van der Waals surface area contributed by atoms with E-state index < -0.39 is 0 Å². The Morgan fingerprint density at radius 2 is 2.20 bits per heavy atom. The monoisotopic (exact) mass is 341 g/mol. The van der Waals surface area contributed by atoms with Crippen LogP contribution in [0.3, 0.4) is 0 Å². The molecule has 2 aromatic rings. The van der Waals surface area contributed by atoms with Gasteiger partial charge >= 0.3 is 0 Å². The van der Waals surface area contributed by atoms with Crippen molar-refractivity contribution in [2.24, 2.45) is 5.73 Å². The zero-order valence-corrected chi connectivity index (χ0v) is 12.1. The summed E-state index contributed by atoms with van der Waals surface area (Å²) in [5, 5.41) is 3.88. The van der Waals surface area contributed by atoms with Crippen molar-refractivity contribution in [1.29, 1.82) is 0 Å². The summed E-state index contributed by atoms with van der Waals surface area (Å²) in [6.07, 6.45) is 1.50. The van der Waals surface area contributed by atoms with Crippen LogP contribution in [-0.4, -0.2) is 22.8 Å². The predicted molar refractivity (Wildman–Crippen MR) is 73.3 cm³/mol. The van der Waals surface area contributed by atoms with Gasteiger partial charge in [0.25, 0.3) is 5.89 Å². The fourth-order valence-corrected chi connectivity index (χ4v) is 2.69. The molecule has 0 aliphatic carbocycles. The standard InChI is InChI=1S/C13H13BrFN3O2/c14-8-3-7(4-9(15)5-8)12-17-13(20-18-12)11-2-1-10(6-16)19-11/h3-5,10-11H,1-2,6,16H2. The number of ether oxygens (including phenoxy) is 1. The van der Waals surface area contributed by atoms with E-state index in [2.05, 4.69) is 26.1 Å². The summed E-state index contributed by atoms with van der Waals surface area (Å²) in [5.41, 5.74) is 6.12. The molecular formula is C13H13BrFN3O2. The van der Waals surface area contributed by atoms with Crippen molar-refractivity contribution in [2.75, 3.05) is 6.54 Å². The first-order valence-corrected chi connectivity index (χ1v) is 7.10. The normalized spacial score (nSPS) is 22.4. The highest BCUT2D eigenvalue weighted by Crippen LogP contribution is 2.32. The Morgan fingerprint density at radius 1 is 1.35 bits per heavy atom. The Bertz CT molecular complexity index is 599. The van der Waals surface area contributed by atoms with Crippen molar-refractivity contribution in [2.45, 2.75) is 25.0 Å².